The van der Waals surface area contributed by atoms with Crippen LogP contribution in [0.2, 0.25) is 18.1 Å². The highest BCUT2D eigenvalue weighted by Crippen LogP contribution is 2.37. The molecule has 0 N–H and O–H groups in total. The van der Waals surface area contributed by atoms with Gasteiger partial charge in [0.15, 0.2) is 14.1 Å². The highest BCUT2D eigenvalue weighted by Gasteiger charge is 2.37. The molecule has 1 atom stereocenters. The molecule has 0 saturated heterocycles. The van der Waals surface area contributed by atoms with E-state index in [4.69, 9.17) is 23.4 Å². The van der Waals surface area contributed by atoms with E-state index in [1.165, 1.54) is 6.92 Å². The number of benzene rings is 2. The molecule has 3 rings (SSSR count). The number of aromatic nitrogens is 2. The average molecular weight is 595 g/mol. The molecule has 0 spiro atoms. The van der Waals surface area contributed by atoms with E-state index < -0.39 is 26.4 Å². The molecular formula is C32H42N2O7Si. The lowest BCUT2D eigenvalue weighted by atomic mass is 10.0. The van der Waals surface area contributed by atoms with Gasteiger partial charge in [0.1, 0.15) is 18.1 Å². The molecule has 0 bridgehead atoms. The van der Waals surface area contributed by atoms with E-state index >= 15 is 0 Å². The summed E-state index contributed by atoms with van der Waals surface area (Å²) in [6.07, 6.45) is 0.642. The Kier molecular flexibility index (Phi) is 11.2. The lowest BCUT2D eigenvalue weighted by Crippen LogP contribution is -2.40. The first-order chi connectivity index (χ1) is 19.8. The molecule has 42 heavy (non-hydrogen) atoms. The van der Waals surface area contributed by atoms with Crippen LogP contribution in [0.4, 0.5) is 0 Å². The van der Waals surface area contributed by atoms with Crippen molar-refractivity contribution in [2.45, 2.75) is 78.5 Å². The zero-order valence-electron chi connectivity index (χ0n) is 25.9. The third kappa shape index (κ3) is 8.87. The molecule has 226 valence electrons. The van der Waals surface area contributed by atoms with E-state index in [0.29, 0.717) is 35.2 Å². The van der Waals surface area contributed by atoms with Crippen LogP contribution in [0.5, 0.6) is 11.5 Å². The van der Waals surface area contributed by atoms with E-state index in [9.17, 15) is 9.59 Å². The standard InChI is InChI=1S/C32H42N2O7Si/c1-9-38-31(36)29(41-22(2)35)19-24-18-23(20-40-42(7,8)32(3,4)5)14-15-27(24)39-21-25-16-17-33-30(34-25)26-12-10-11-13-28(26)37-6/h10-18,29H,9,19-21H2,1-8H3. The van der Waals surface area contributed by atoms with Crippen molar-refractivity contribution in [3.63, 3.8) is 0 Å². The number of rotatable bonds is 13. The second kappa shape index (κ2) is 14.4. The molecule has 0 amide bonds. The zero-order valence-corrected chi connectivity index (χ0v) is 26.9. The van der Waals surface area contributed by atoms with Crippen molar-refractivity contribution < 1.29 is 33.0 Å². The van der Waals surface area contributed by atoms with Gasteiger partial charge in [-0.1, -0.05) is 39.0 Å². The van der Waals surface area contributed by atoms with Gasteiger partial charge in [-0.3, -0.25) is 4.79 Å². The van der Waals surface area contributed by atoms with Crippen LogP contribution >= 0.6 is 0 Å². The summed E-state index contributed by atoms with van der Waals surface area (Å²) in [5.74, 6) is 0.537. The van der Waals surface area contributed by atoms with Crippen LogP contribution in [-0.2, 0) is 43.1 Å². The topological polar surface area (TPSA) is 106 Å². The minimum absolute atomic E-state index is 0.0589. The molecule has 1 aromatic heterocycles. The van der Waals surface area contributed by atoms with E-state index in [-0.39, 0.29) is 24.7 Å². The van der Waals surface area contributed by atoms with Gasteiger partial charge in [0, 0.05) is 19.5 Å². The summed E-state index contributed by atoms with van der Waals surface area (Å²) < 4.78 is 28.6. The Labute approximate surface area is 249 Å². The lowest BCUT2D eigenvalue weighted by molar-refractivity contribution is -0.166. The van der Waals surface area contributed by atoms with Crippen molar-refractivity contribution in [2.75, 3.05) is 13.7 Å². The molecule has 3 aromatic rings. The van der Waals surface area contributed by atoms with Crippen molar-refractivity contribution in [3.8, 4) is 22.9 Å². The zero-order chi connectivity index (χ0) is 30.9. The Hall–Kier alpha value is -3.76. The summed E-state index contributed by atoms with van der Waals surface area (Å²) in [7, 11) is -0.394. The van der Waals surface area contributed by atoms with Gasteiger partial charge >= 0.3 is 11.9 Å². The average Bonchev–Trinajstić information content (AvgIpc) is 2.94. The maximum Gasteiger partial charge on any atom is 0.347 e. The summed E-state index contributed by atoms with van der Waals surface area (Å²) >= 11 is 0. The van der Waals surface area contributed by atoms with Gasteiger partial charge < -0.3 is 23.4 Å². The Morgan fingerprint density at radius 1 is 1.00 bits per heavy atom. The predicted molar refractivity (Wildman–Crippen MR) is 163 cm³/mol. The van der Waals surface area contributed by atoms with Gasteiger partial charge in [0.25, 0.3) is 0 Å². The number of hydrogen-bond acceptors (Lipinski definition) is 9. The van der Waals surface area contributed by atoms with E-state index in [1.807, 2.05) is 42.5 Å². The van der Waals surface area contributed by atoms with E-state index in [1.54, 1.807) is 26.3 Å². The molecule has 0 fully saturated rings. The van der Waals surface area contributed by atoms with E-state index in [0.717, 1.165) is 11.1 Å². The number of esters is 2. The van der Waals surface area contributed by atoms with Crippen LogP contribution in [-0.4, -0.2) is 50.0 Å². The first-order valence-electron chi connectivity index (χ1n) is 14.0. The van der Waals surface area contributed by atoms with Gasteiger partial charge in [-0.2, -0.15) is 0 Å². The van der Waals surface area contributed by atoms with Crippen LogP contribution < -0.4 is 9.47 Å². The maximum atomic E-state index is 12.7. The molecule has 0 radical (unpaired) electrons. The van der Waals surface area contributed by atoms with Crippen molar-refractivity contribution >= 4 is 20.3 Å². The third-order valence-electron chi connectivity index (χ3n) is 7.23. The summed E-state index contributed by atoms with van der Waals surface area (Å²) in [4.78, 5) is 33.6. The van der Waals surface area contributed by atoms with Gasteiger partial charge in [-0.05, 0) is 66.5 Å². The maximum absolute atomic E-state index is 12.7. The molecule has 1 heterocycles. The molecule has 1 unspecified atom stereocenters. The Balaban J connectivity index is 1.90. The number of carbonyl (C=O) groups excluding carboxylic acids is 2. The summed E-state index contributed by atoms with van der Waals surface area (Å²) in [5.41, 5.74) is 3.04. The highest BCUT2D eigenvalue weighted by molar-refractivity contribution is 6.74. The van der Waals surface area contributed by atoms with Crippen LogP contribution in [0.15, 0.2) is 54.7 Å². The Morgan fingerprint density at radius 3 is 2.40 bits per heavy atom. The monoisotopic (exact) mass is 594 g/mol. The number of para-hydroxylation sites is 1. The Morgan fingerprint density at radius 2 is 1.74 bits per heavy atom. The summed E-state index contributed by atoms with van der Waals surface area (Å²) in [6.45, 7) is 14.7. The van der Waals surface area contributed by atoms with Gasteiger partial charge in [-0.15, -0.1) is 0 Å². The number of methoxy groups -OCH3 is 1. The third-order valence-corrected chi connectivity index (χ3v) is 11.7. The van der Waals surface area contributed by atoms with E-state index in [2.05, 4.69) is 43.8 Å². The molecule has 0 saturated carbocycles. The summed E-state index contributed by atoms with van der Waals surface area (Å²) in [6, 6.07) is 15.0. The Bertz CT molecular complexity index is 1370. The fraction of sp³-hybridized carbons (Fsp3) is 0.438. The smallest absolute Gasteiger partial charge is 0.347 e. The van der Waals surface area contributed by atoms with Gasteiger partial charge in [0.05, 0.1) is 31.6 Å². The fourth-order valence-corrected chi connectivity index (χ4v) is 4.86. The SMILES string of the molecule is CCOC(=O)C(Cc1cc(CO[Si](C)(C)C(C)(C)C)ccc1OCc1ccnc(-c2ccccc2OC)n1)OC(C)=O. The second-order valence-electron chi connectivity index (χ2n) is 11.4. The lowest BCUT2D eigenvalue weighted by Gasteiger charge is -2.36. The normalized spacial score (nSPS) is 12.4. The highest BCUT2D eigenvalue weighted by atomic mass is 28.4. The van der Waals surface area contributed by atoms with Crippen LogP contribution in [0, 0.1) is 0 Å². The van der Waals surface area contributed by atoms with Crippen molar-refractivity contribution in [2.24, 2.45) is 0 Å². The van der Waals surface area contributed by atoms with Crippen molar-refractivity contribution in [3.05, 3.63) is 71.5 Å². The number of carbonyl (C=O) groups is 2. The summed E-state index contributed by atoms with van der Waals surface area (Å²) in [5, 5.41) is 0.0589. The minimum atomic E-state index is -2.00. The van der Waals surface area contributed by atoms with Gasteiger partial charge in [0.2, 0.25) is 6.10 Å². The molecular weight excluding hydrogens is 552 g/mol. The predicted octanol–water partition coefficient (Wildman–Crippen LogP) is 6.29. The molecule has 0 aliphatic rings. The molecule has 9 nitrogen and oxygen atoms in total. The largest absolute Gasteiger partial charge is 0.496 e. The van der Waals surface area contributed by atoms with Crippen LogP contribution in [0.1, 0.15) is 51.4 Å². The molecule has 10 heteroatoms. The molecule has 0 aliphatic carbocycles. The number of ether oxygens (including phenoxy) is 4. The first-order valence-corrected chi connectivity index (χ1v) is 16.9. The minimum Gasteiger partial charge on any atom is -0.496 e. The van der Waals surface area contributed by atoms with Crippen molar-refractivity contribution in [1.82, 2.24) is 9.97 Å². The second-order valence-corrected chi connectivity index (χ2v) is 16.2. The van der Waals surface area contributed by atoms with Crippen LogP contribution in [0.25, 0.3) is 11.4 Å². The molecule has 0 aliphatic heterocycles. The van der Waals surface area contributed by atoms with Crippen molar-refractivity contribution in [1.29, 1.82) is 0 Å². The first kappa shape index (κ1) is 32.7. The molecule has 2 aromatic carbocycles. The van der Waals surface area contributed by atoms with Gasteiger partial charge in [-0.25, -0.2) is 14.8 Å². The quantitative estimate of drug-likeness (QED) is 0.167. The van der Waals surface area contributed by atoms with Crippen LogP contribution in [0.3, 0.4) is 0 Å². The number of hydrogen-bond donors (Lipinski definition) is 0. The fourth-order valence-electron chi connectivity index (χ4n) is 3.90. The number of nitrogens with zero attached hydrogens (tertiary/aromatic N) is 2.